The minimum absolute atomic E-state index is 0.0183. The van der Waals surface area contributed by atoms with Crippen LogP contribution >= 0.6 is 0 Å². The third-order valence-corrected chi connectivity index (χ3v) is 2.67. The molecule has 0 aromatic carbocycles. The Kier molecular flexibility index (Phi) is 4.73. The average Bonchev–Trinajstić information content (AvgIpc) is 2.27. The van der Waals surface area contributed by atoms with E-state index in [9.17, 15) is 9.59 Å². The largest absolute Gasteiger partial charge is 0.481 e. The van der Waals surface area contributed by atoms with E-state index < -0.39 is 5.97 Å². The van der Waals surface area contributed by atoms with Crippen LogP contribution in [0.2, 0.25) is 0 Å². The Morgan fingerprint density at radius 3 is 2.56 bits per heavy atom. The maximum Gasteiger partial charge on any atom is 0.306 e. The van der Waals surface area contributed by atoms with E-state index in [4.69, 9.17) is 10.4 Å². The number of hydrogen-bond donors (Lipinski definition) is 2. The van der Waals surface area contributed by atoms with Gasteiger partial charge in [0.15, 0.2) is 0 Å². The number of carbonyl (C=O) groups is 2. The third kappa shape index (κ3) is 3.87. The van der Waals surface area contributed by atoms with E-state index in [0.717, 1.165) is 0 Å². The number of carboxylic acids is 1. The molecule has 1 aliphatic heterocycles. The van der Waals surface area contributed by atoms with Crippen molar-refractivity contribution in [3.8, 4) is 6.07 Å². The number of likely N-dealkylation sites (tertiary alicyclic amines) is 1. The zero-order valence-electron chi connectivity index (χ0n) is 8.98. The first-order chi connectivity index (χ1) is 7.63. The van der Waals surface area contributed by atoms with Gasteiger partial charge in [0.2, 0.25) is 5.91 Å². The maximum absolute atomic E-state index is 11.3. The molecule has 1 rings (SSSR count). The summed E-state index contributed by atoms with van der Waals surface area (Å²) >= 11 is 0. The van der Waals surface area contributed by atoms with E-state index in [-0.39, 0.29) is 24.9 Å². The molecule has 6 heteroatoms. The van der Waals surface area contributed by atoms with Crippen LogP contribution in [0.5, 0.6) is 0 Å². The van der Waals surface area contributed by atoms with Crippen molar-refractivity contribution in [3.05, 3.63) is 0 Å². The number of aliphatic carboxylic acids is 1. The number of rotatable bonds is 4. The zero-order chi connectivity index (χ0) is 12.0. The van der Waals surface area contributed by atoms with Crippen molar-refractivity contribution >= 4 is 11.9 Å². The lowest BCUT2D eigenvalue weighted by atomic mass is 9.97. The molecule has 0 bridgehead atoms. The lowest BCUT2D eigenvalue weighted by molar-refractivity contribution is -0.143. The number of amides is 1. The van der Waals surface area contributed by atoms with Crippen molar-refractivity contribution in [2.24, 2.45) is 5.92 Å². The van der Waals surface area contributed by atoms with Gasteiger partial charge in [0.05, 0.1) is 18.5 Å². The van der Waals surface area contributed by atoms with E-state index in [1.165, 1.54) is 0 Å². The molecule has 6 nitrogen and oxygen atoms in total. The van der Waals surface area contributed by atoms with Crippen molar-refractivity contribution in [3.63, 3.8) is 0 Å². The molecule has 0 spiro atoms. The fourth-order valence-electron chi connectivity index (χ4n) is 1.74. The summed E-state index contributed by atoms with van der Waals surface area (Å²) in [7, 11) is 0. The van der Waals surface area contributed by atoms with Gasteiger partial charge in [-0.05, 0) is 25.9 Å². The number of carboxylic acid groups (broad SMARTS) is 1. The van der Waals surface area contributed by atoms with Gasteiger partial charge in [0, 0.05) is 0 Å². The predicted octanol–water partition coefficient (Wildman–Crippen LogP) is -0.577. The van der Waals surface area contributed by atoms with Gasteiger partial charge in [-0.15, -0.1) is 0 Å². The van der Waals surface area contributed by atoms with Crippen LogP contribution in [-0.2, 0) is 9.59 Å². The molecule has 0 radical (unpaired) electrons. The van der Waals surface area contributed by atoms with Crippen molar-refractivity contribution in [1.29, 1.82) is 5.26 Å². The smallest absolute Gasteiger partial charge is 0.306 e. The lowest BCUT2D eigenvalue weighted by Gasteiger charge is -2.29. The number of nitriles is 1. The highest BCUT2D eigenvalue weighted by atomic mass is 16.4. The van der Waals surface area contributed by atoms with Gasteiger partial charge in [-0.3, -0.25) is 14.5 Å². The van der Waals surface area contributed by atoms with Crippen molar-refractivity contribution in [1.82, 2.24) is 10.2 Å². The van der Waals surface area contributed by atoms with Gasteiger partial charge in [-0.1, -0.05) is 0 Å². The molecule has 0 saturated carbocycles. The number of piperidine rings is 1. The maximum atomic E-state index is 11.3. The number of carbonyl (C=O) groups excluding carboxylic acids is 1. The highest BCUT2D eigenvalue weighted by Gasteiger charge is 2.25. The fourth-order valence-corrected chi connectivity index (χ4v) is 1.74. The highest BCUT2D eigenvalue weighted by molar-refractivity contribution is 5.78. The Morgan fingerprint density at radius 1 is 1.44 bits per heavy atom. The summed E-state index contributed by atoms with van der Waals surface area (Å²) in [4.78, 5) is 23.9. The van der Waals surface area contributed by atoms with Gasteiger partial charge >= 0.3 is 5.97 Å². The summed E-state index contributed by atoms with van der Waals surface area (Å²) in [6.45, 7) is 1.51. The topological polar surface area (TPSA) is 93.4 Å². The minimum atomic E-state index is -0.756. The molecule has 1 aliphatic rings. The molecule has 16 heavy (non-hydrogen) atoms. The number of hydrogen-bond acceptors (Lipinski definition) is 4. The SMILES string of the molecule is N#CCNC(=O)CN1CCC(C(=O)O)CC1. The molecule has 1 fully saturated rings. The van der Waals surface area contributed by atoms with Crippen LogP contribution in [0.1, 0.15) is 12.8 Å². The Hall–Kier alpha value is -1.61. The van der Waals surface area contributed by atoms with Crippen LogP contribution < -0.4 is 5.32 Å². The summed E-state index contributed by atoms with van der Waals surface area (Å²) in [5, 5.41) is 19.5. The second kappa shape index (κ2) is 6.08. The summed E-state index contributed by atoms with van der Waals surface area (Å²) in [6.07, 6.45) is 1.17. The van der Waals surface area contributed by atoms with Gasteiger partial charge < -0.3 is 10.4 Å². The summed E-state index contributed by atoms with van der Waals surface area (Å²) in [5.41, 5.74) is 0. The molecule has 0 atom stereocenters. The van der Waals surface area contributed by atoms with Crippen molar-refractivity contribution in [2.75, 3.05) is 26.2 Å². The second-order valence-electron chi connectivity index (χ2n) is 3.82. The summed E-state index contributed by atoms with van der Waals surface area (Å²) < 4.78 is 0. The van der Waals surface area contributed by atoms with Crippen LogP contribution in [0.3, 0.4) is 0 Å². The second-order valence-corrected chi connectivity index (χ2v) is 3.82. The third-order valence-electron chi connectivity index (χ3n) is 2.67. The monoisotopic (exact) mass is 225 g/mol. The van der Waals surface area contributed by atoms with Crippen molar-refractivity contribution < 1.29 is 14.7 Å². The highest BCUT2D eigenvalue weighted by Crippen LogP contribution is 2.16. The normalized spacial score (nSPS) is 17.7. The van der Waals surface area contributed by atoms with E-state index in [1.807, 2.05) is 11.0 Å². The van der Waals surface area contributed by atoms with Crippen LogP contribution in [0, 0.1) is 17.2 Å². The zero-order valence-corrected chi connectivity index (χ0v) is 8.98. The van der Waals surface area contributed by atoms with Gasteiger partial charge in [0.1, 0.15) is 6.54 Å². The number of nitrogens with zero attached hydrogens (tertiary/aromatic N) is 2. The average molecular weight is 225 g/mol. The molecular formula is C10H15N3O3. The van der Waals surface area contributed by atoms with E-state index in [1.54, 1.807) is 0 Å². The van der Waals surface area contributed by atoms with Gasteiger partial charge in [0.25, 0.3) is 0 Å². The first kappa shape index (κ1) is 12.5. The molecule has 1 amide bonds. The van der Waals surface area contributed by atoms with Gasteiger partial charge in [-0.2, -0.15) is 5.26 Å². The Balaban J connectivity index is 2.24. The molecular weight excluding hydrogens is 210 g/mol. The van der Waals surface area contributed by atoms with Crippen LogP contribution in [-0.4, -0.2) is 48.1 Å². The first-order valence-electron chi connectivity index (χ1n) is 5.22. The first-order valence-corrected chi connectivity index (χ1v) is 5.22. The molecule has 0 aliphatic carbocycles. The Bertz CT molecular complexity index is 303. The van der Waals surface area contributed by atoms with E-state index >= 15 is 0 Å². The Morgan fingerprint density at radius 2 is 2.06 bits per heavy atom. The standard InChI is InChI=1S/C10H15N3O3/c11-3-4-12-9(14)7-13-5-1-8(2-6-13)10(15)16/h8H,1-2,4-7H2,(H,12,14)(H,15,16). The molecule has 1 heterocycles. The van der Waals surface area contributed by atoms with Crippen molar-refractivity contribution in [2.45, 2.75) is 12.8 Å². The quantitative estimate of drug-likeness (QED) is 0.624. The molecule has 0 aromatic heterocycles. The Labute approximate surface area is 93.8 Å². The number of nitrogens with one attached hydrogen (secondary N) is 1. The van der Waals surface area contributed by atoms with Crippen LogP contribution in [0.4, 0.5) is 0 Å². The fraction of sp³-hybridized carbons (Fsp3) is 0.700. The lowest BCUT2D eigenvalue weighted by Crippen LogP contribution is -2.42. The van der Waals surface area contributed by atoms with E-state index in [2.05, 4.69) is 5.32 Å². The minimum Gasteiger partial charge on any atom is -0.481 e. The van der Waals surface area contributed by atoms with Crippen LogP contribution in [0.25, 0.3) is 0 Å². The van der Waals surface area contributed by atoms with Gasteiger partial charge in [-0.25, -0.2) is 0 Å². The van der Waals surface area contributed by atoms with E-state index in [0.29, 0.717) is 25.9 Å². The summed E-state index contributed by atoms with van der Waals surface area (Å²) in [5.74, 6) is -1.22. The predicted molar refractivity (Wildman–Crippen MR) is 55.4 cm³/mol. The molecule has 88 valence electrons. The molecule has 0 unspecified atom stereocenters. The molecule has 2 N–H and O–H groups in total. The summed E-state index contributed by atoms with van der Waals surface area (Å²) in [6, 6.07) is 1.83. The van der Waals surface area contributed by atoms with Crippen LogP contribution in [0.15, 0.2) is 0 Å². The molecule has 1 saturated heterocycles. The molecule has 0 aromatic rings.